The van der Waals surface area contributed by atoms with E-state index in [1.54, 1.807) is 18.2 Å². The Morgan fingerprint density at radius 2 is 1.85 bits per heavy atom. The van der Waals surface area contributed by atoms with E-state index < -0.39 is 11.6 Å². The van der Waals surface area contributed by atoms with Crippen LogP contribution in [0.3, 0.4) is 0 Å². The SMILES string of the molecule is C[C@@H](N)c1ccc(OCc2c(F)cccc2F)c(Cl)c1. The molecule has 0 saturated carbocycles. The summed E-state index contributed by atoms with van der Waals surface area (Å²) in [7, 11) is 0. The zero-order chi connectivity index (χ0) is 14.7. The van der Waals surface area contributed by atoms with Gasteiger partial charge in [0.1, 0.15) is 24.0 Å². The van der Waals surface area contributed by atoms with Crippen molar-refractivity contribution < 1.29 is 13.5 Å². The van der Waals surface area contributed by atoms with Gasteiger partial charge in [-0.1, -0.05) is 23.7 Å². The molecule has 106 valence electrons. The highest BCUT2D eigenvalue weighted by Crippen LogP contribution is 2.28. The van der Waals surface area contributed by atoms with Crippen LogP contribution in [0.5, 0.6) is 5.75 Å². The lowest BCUT2D eigenvalue weighted by Gasteiger charge is -2.12. The van der Waals surface area contributed by atoms with Crippen LogP contribution < -0.4 is 10.5 Å². The average molecular weight is 298 g/mol. The summed E-state index contributed by atoms with van der Waals surface area (Å²) in [6.45, 7) is 1.61. The predicted molar refractivity (Wildman–Crippen MR) is 74.7 cm³/mol. The van der Waals surface area contributed by atoms with Crippen molar-refractivity contribution in [3.05, 3.63) is 64.2 Å². The Kier molecular flexibility index (Phi) is 4.57. The van der Waals surface area contributed by atoms with Gasteiger partial charge in [-0.25, -0.2) is 8.78 Å². The van der Waals surface area contributed by atoms with Crippen LogP contribution in [0.15, 0.2) is 36.4 Å². The van der Waals surface area contributed by atoms with Crippen molar-refractivity contribution in [2.24, 2.45) is 5.73 Å². The van der Waals surface area contributed by atoms with Gasteiger partial charge in [-0.3, -0.25) is 0 Å². The summed E-state index contributed by atoms with van der Waals surface area (Å²) < 4.78 is 32.3. The molecule has 0 spiro atoms. The lowest BCUT2D eigenvalue weighted by atomic mass is 10.1. The molecular formula is C15H14ClF2NO. The van der Waals surface area contributed by atoms with Crippen molar-refractivity contribution in [3.63, 3.8) is 0 Å². The molecule has 5 heteroatoms. The van der Waals surface area contributed by atoms with E-state index in [0.717, 1.165) is 5.56 Å². The number of rotatable bonds is 4. The topological polar surface area (TPSA) is 35.2 Å². The minimum atomic E-state index is -0.645. The summed E-state index contributed by atoms with van der Waals surface area (Å²) in [5, 5.41) is 0.358. The van der Waals surface area contributed by atoms with E-state index >= 15 is 0 Å². The van der Waals surface area contributed by atoms with E-state index in [9.17, 15) is 8.78 Å². The van der Waals surface area contributed by atoms with Gasteiger partial charge in [-0.05, 0) is 36.8 Å². The van der Waals surface area contributed by atoms with Crippen LogP contribution in [0.4, 0.5) is 8.78 Å². The maximum Gasteiger partial charge on any atom is 0.138 e. The van der Waals surface area contributed by atoms with Crippen LogP contribution in [-0.2, 0) is 6.61 Å². The molecule has 0 aromatic heterocycles. The fourth-order valence-corrected chi connectivity index (χ4v) is 1.98. The number of nitrogens with two attached hydrogens (primary N) is 1. The Balaban J connectivity index is 2.15. The van der Waals surface area contributed by atoms with Crippen molar-refractivity contribution >= 4 is 11.6 Å². The second-order valence-corrected chi connectivity index (χ2v) is 4.87. The lowest BCUT2D eigenvalue weighted by molar-refractivity contribution is 0.292. The number of ether oxygens (including phenoxy) is 1. The first kappa shape index (κ1) is 14.8. The molecule has 0 aliphatic carbocycles. The zero-order valence-corrected chi connectivity index (χ0v) is 11.6. The summed E-state index contributed by atoms with van der Waals surface area (Å²) in [5.74, 6) is -0.930. The highest BCUT2D eigenvalue weighted by atomic mass is 35.5. The van der Waals surface area contributed by atoms with Gasteiger partial charge in [0.05, 0.1) is 10.6 Å². The molecule has 2 nitrogen and oxygen atoms in total. The van der Waals surface area contributed by atoms with Gasteiger partial charge < -0.3 is 10.5 Å². The Hall–Kier alpha value is -1.65. The predicted octanol–water partition coefficient (Wildman–Crippen LogP) is 4.22. The molecule has 0 unspecified atom stereocenters. The molecule has 0 bridgehead atoms. The van der Waals surface area contributed by atoms with Crippen molar-refractivity contribution in [1.29, 1.82) is 0 Å². The Bertz CT molecular complexity index is 597. The van der Waals surface area contributed by atoms with Crippen LogP contribution in [-0.4, -0.2) is 0 Å². The van der Waals surface area contributed by atoms with Crippen LogP contribution in [0.25, 0.3) is 0 Å². The first-order chi connectivity index (χ1) is 9.49. The molecule has 2 aromatic carbocycles. The highest BCUT2D eigenvalue weighted by molar-refractivity contribution is 6.32. The largest absolute Gasteiger partial charge is 0.487 e. The number of hydrogen-bond donors (Lipinski definition) is 1. The van der Waals surface area contributed by atoms with Crippen LogP contribution >= 0.6 is 11.6 Å². The minimum absolute atomic E-state index is 0.125. The normalized spacial score (nSPS) is 12.2. The monoisotopic (exact) mass is 297 g/mol. The smallest absolute Gasteiger partial charge is 0.138 e. The summed E-state index contributed by atoms with van der Waals surface area (Å²) >= 11 is 6.05. The molecule has 2 N–H and O–H groups in total. The van der Waals surface area contributed by atoms with Gasteiger partial charge >= 0.3 is 0 Å². The van der Waals surface area contributed by atoms with Gasteiger partial charge in [0.15, 0.2) is 0 Å². The maximum atomic E-state index is 13.5. The summed E-state index contributed by atoms with van der Waals surface area (Å²) in [5.41, 5.74) is 6.47. The van der Waals surface area contributed by atoms with E-state index in [2.05, 4.69) is 0 Å². The fourth-order valence-electron chi connectivity index (χ4n) is 1.74. The molecule has 2 rings (SSSR count). The quantitative estimate of drug-likeness (QED) is 0.917. The third-order valence-electron chi connectivity index (χ3n) is 2.92. The third-order valence-corrected chi connectivity index (χ3v) is 3.21. The Morgan fingerprint density at radius 3 is 2.40 bits per heavy atom. The minimum Gasteiger partial charge on any atom is -0.487 e. The molecule has 0 amide bonds. The number of hydrogen-bond acceptors (Lipinski definition) is 2. The van der Waals surface area contributed by atoms with Crippen molar-refractivity contribution in [2.45, 2.75) is 19.6 Å². The molecule has 0 saturated heterocycles. The molecule has 0 fully saturated rings. The van der Waals surface area contributed by atoms with Crippen molar-refractivity contribution in [2.75, 3.05) is 0 Å². The van der Waals surface area contributed by atoms with Gasteiger partial charge in [-0.2, -0.15) is 0 Å². The summed E-state index contributed by atoms with van der Waals surface area (Å²) in [6, 6.07) is 8.61. The van der Waals surface area contributed by atoms with Crippen LogP contribution in [0.1, 0.15) is 24.1 Å². The molecule has 0 aliphatic rings. The first-order valence-electron chi connectivity index (χ1n) is 6.09. The van der Waals surface area contributed by atoms with Gasteiger partial charge in [0, 0.05) is 6.04 Å². The molecule has 1 atom stereocenters. The highest BCUT2D eigenvalue weighted by Gasteiger charge is 2.11. The van der Waals surface area contributed by atoms with Crippen LogP contribution in [0, 0.1) is 11.6 Å². The van der Waals surface area contributed by atoms with E-state index in [1.165, 1.54) is 18.2 Å². The number of halogens is 3. The second kappa shape index (κ2) is 6.20. The van der Waals surface area contributed by atoms with E-state index in [4.69, 9.17) is 22.1 Å². The van der Waals surface area contributed by atoms with E-state index in [0.29, 0.717) is 10.8 Å². The zero-order valence-electron chi connectivity index (χ0n) is 10.9. The van der Waals surface area contributed by atoms with E-state index in [1.807, 2.05) is 6.92 Å². The average Bonchev–Trinajstić information content (AvgIpc) is 2.39. The Labute approximate surface area is 121 Å². The first-order valence-corrected chi connectivity index (χ1v) is 6.47. The summed E-state index contributed by atoms with van der Waals surface area (Å²) in [4.78, 5) is 0. The second-order valence-electron chi connectivity index (χ2n) is 4.47. The van der Waals surface area contributed by atoms with E-state index in [-0.39, 0.29) is 18.2 Å². The fraction of sp³-hybridized carbons (Fsp3) is 0.200. The molecule has 0 heterocycles. The van der Waals surface area contributed by atoms with Crippen molar-refractivity contribution in [1.82, 2.24) is 0 Å². The standard InChI is InChI=1S/C15H14ClF2NO/c1-9(19)10-5-6-15(12(16)7-10)20-8-11-13(17)3-2-4-14(11)18/h2-7,9H,8,19H2,1H3/t9-/m1/s1. The molecular weight excluding hydrogens is 284 g/mol. The van der Waals surface area contributed by atoms with Gasteiger partial charge in [0.2, 0.25) is 0 Å². The number of benzene rings is 2. The molecule has 2 aromatic rings. The van der Waals surface area contributed by atoms with Crippen LogP contribution in [0.2, 0.25) is 5.02 Å². The molecule has 0 radical (unpaired) electrons. The molecule has 0 aliphatic heterocycles. The summed E-state index contributed by atoms with van der Waals surface area (Å²) in [6.07, 6.45) is 0. The van der Waals surface area contributed by atoms with Crippen molar-refractivity contribution in [3.8, 4) is 5.75 Å². The Morgan fingerprint density at radius 1 is 1.20 bits per heavy atom. The maximum absolute atomic E-state index is 13.5. The van der Waals surface area contributed by atoms with Gasteiger partial charge in [0.25, 0.3) is 0 Å². The third kappa shape index (κ3) is 3.26. The molecule has 20 heavy (non-hydrogen) atoms. The van der Waals surface area contributed by atoms with Gasteiger partial charge in [-0.15, -0.1) is 0 Å². The lowest BCUT2D eigenvalue weighted by Crippen LogP contribution is -2.05.